The molecule has 0 radical (unpaired) electrons. The van der Waals surface area contributed by atoms with Gasteiger partial charge in [0.25, 0.3) is 0 Å². The van der Waals surface area contributed by atoms with E-state index >= 15 is 0 Å². The number of ether oxygens (including phenoxy) is 2. The van der Waals surface area contributed by atoms with Crippen LogP contribution < -0.4 is 9.47 Å². The van der Waals surface area contributed by atoms with Crippen LogP contribution in [0.3, 0.4) is 0 Å². The average Bonchev–Trinajstić information content (AvgIpc) is 2.39. The van der Waals surface area contributed by atoms with Gasteiger partial charge < -0.3 is 9.47 Å². The van der Waals surface area contributed by atoms with Gasteiger partial charge in [0.05, 0.1) is 12.7 Å². The van der Waals surface area contributed by atoms with Gasteiger partial charge in [0.1, 0.15) is 23.1 Å². The van der Waals surface area contributed by atoms with Crippen molar-refractivity contribution in [2.24, 2.45) is 0 Å². The molecule has 0 saturated heterocycles. The summed E-state index contributed by atoms with van der Waals surface area (Å²) in [6.07, 6.45) is 0.435. The van der Waals surface area contributed by atoms with Crippen LogP contribution in [0.4, 0.5) is 4.39 Å². The molecule has 3 nitrogen and oxygen atoms in total. The Labute approximate surface area is 104 Å². The van der Waals surface area contributed by atoms with E-state index in [1.807, 2.05) is 0 Å². The number of benzene rings is 2. The van der Waals surface area contributed by atoms with Gasteiger partial charge in [-0.05, 0) is 24.3 Å². The van der Waals surface area contributed by atoms with E-state index in [0.717, 1.165) is 0 Å². The predicted molar refractivity (Wildman–Crippen MR) is 64.9 cm³/mol. The van der Waals surface area contributed by atoms with Crippen LogP contribution >= 0.6 is 0 Å². The summed E-state index contributed by atoms with van der Waals surface area (Å²) >= 11 is 0. The minimum atomic E-state index is -0.606. The third-order valence-corrected chi connectivity index (χ3v) is 2.40. The molecule has 0 saturated carbocycles. The molecule has 0 spiro atoms. The maximum atomic E-state index is 13.4. The fourth-order valence-electron chi connectivity index (χ4n) is 1.51. The van der Waals surface area contributed by atoms with Gasteiger partial charge in [0.15, 0.2) is 6.29 Å². The van der Waals surface area contributed by atoms with Gasteiger partial charge in [-0.2, -0.15) is 0 Å². The van der Waals surface area contributed by atoms with Crippen molar-refractivity contribution in [3.63, 3.8) is 0 Å². The number of aldehydes is 1. The highest BCUT2D eigenvalue weighted by Crippen LogP contribution is 2.28. The number of carbonyl (C=O) groups is 1. The molecule has 0 aliphatic carbocycles. The van der Waals surface area contributed by atoms with Crippen molar-refractivity contribution in [3.05, 3.63) is 53.8 Å². The third kappa shape index (κ3) is 2.48. The van der Waals surface area contributed by atoms with E-state index in [0.29, 0.717) is 17.8 Å². The molecule has 2 aromatic carbocycles. The number of hydrogen-bond donors (Lipinski definition) is 0. The van der Waals surface area contributed by atoms with E-state index in [1.54, 1.807) is 24.3 Å². The summed E-state index contributed by atoms with van der Waals surface area (Å²) in [6.45, 7) is 0. The first kappa shape index (κ1) is 12.1. The van der Waals surface area contributed by atoms with Crippen LogP contribution in [-0.4, -0.2) is 13.4 Å². The summed E-state index contributed by atoms with van der Waals surface area (Å²) in [4.78, 5) is 10.8. The van der Waals surface area contributed by atoms with Gasteiger partial charge in [0.2, 0.25) is 0 Å². The Balaban J connectivity index is 2.33. The average molecular weight is 246 g/mol. The minimum Gasteiger partial charge on any atom is -0.497 e. The monoisotopic (exact) mass is 246 g/mol. The summed E-state index contributed by atoms with van der Waals surface area (Å²) in [5, 5.41) is 0. The fourth-order valence-corrected chi connectivity index (χ4v) is 1.51. The Morgan fingerprint density at radius 1 is 1.11 bits per heavy atom. The van der Waals surface area contributed by atoms with Crippen LogP contribution in [0.15, 0.2) is 42.5 Å². The summed E-state index contributed by atoms with van der Waals surface area (Å²) < 4.78 is 23.9. The Kier molecular flexibility index (Phi) is 3.57. The molecule has 0 N–H and O–H groups in total. The lowest BCUT2D eigenvalue weighted by molar-refractivity contribution is 0.111. The second-order valence-corrected chi connectivity index (χ2v) is 3.55. The highest BCUT2D eigenvalue weighted by atomic mass is 19.1. The van der Waals surface area contributed by atoms with E-state index in [9.17, 15) is 9.18 Å². The van der Waals surface area contributed by atoms with Crippen molar-refractivity contribution >= 4 is 6.29 Å². The summed E-state index contributed by atoms with van der Waals surface area (Å²) in [6, 6.07) is 11.1. The summed E-state index contributed by atoms with van der Waals surface area (Å²) in [7, 11) is 1.54. The lowest BCUT2D eigenvalue weighted by Crippen LogP contribution is -1.94. The van der Waals surface area contributed by atoms with Gasteiger partial charge in [0, 0.05) is 6.07 Å². The van der Waals surface area contributed by atoms with Crippen LogP contribution in [0.25, 0.3) is 0 Å². The van der Waals surface area contributed by atoms with Crippen molar-refractivity contribution in [1.29, 1.82) is 0 Å². The second kappa shape index (κ2) is 5.31. The molecule has 2 aromatic rings. The number of hydrogen-bond acceptors (Lipinski definition) is 3. The molecule has 4 heteroatoms. The first-order valence-electron chi connectivity index (χ1n) is 5.30. The summed E-state index contributed by atoms with van der Waals surface area (Å²) in [5.74, 6) is 0.670. The molecular formula is C14H11FO3. The molecular weight excluding hydrogens is 235 g/mol. The van der Waals surface area contributed by atoms with Gasteiger partial charge in [-0.1, -0.05) is 12.1 Å². The zero-order valence-corrected chi connectivity index (χ0v) is 9.72. The standard InChI is InChI=1S/C14H11FO3/c1-17-10-4-2-5-11(8-10)18-14-7-3-6-13(15)12(14)9-16/h2-9H,1H3. The maximum Gasteiger partial charge on any atom is 0.156 e. The number of rotatable bonds is 4. The van der Waals surface area contributed by atoms with E-state index in [1.165, 1.54) is 25.3 Å². The third-order valence-electron chi connectivity index (χ3n) is 2.40. The Bertz CT molecular complexity index is 567. The molecule has 0 amide bonds. The normalized spacial score (nSPS) is 9.89. The van der Waals surface area contributed by atoms with Crippen molar-refractivity contribution < 1.29 is 18.7 Å². The highest BCUT2D eigenvalue weighted by molar-refractivity contribution is 5.79. The molecule has 92 valence electrons. The molecule has 0 aromatic heterocycles. The van der Waals surface area contributed by atoms with E-state index < -0.39 is 5.82 Å². The lowest BCUT2D eigenvalue weighted by Gasteiger charge is -2.09. The SMILES string of the molecule is COc1cccc(Oc2cccc(F)c2C=O)c1. The number of halogens is 1. The quantitative estimate of drug-likeness (QED) is 0.775. The van der Waals surface area contributed by atoms with Crippen LogP contribution in [0.5, 0.6) is 17.2 Å². The van der Waals surface area contributed by atoms with E-state index in [-0.39, 0.29) is 11.3 Å². The first-order chi connectivity index (χ1) is 8.74. The highest BCUT2D eigenvalue weighted by Gasteiger charge is 2.09. The Morgan fingerprint density at radius 3 is 2.56 bits per heavy atom. The molecule has 2 rings (SSSR count). The Hall–Kier alpha value is -2.36. The molecule has 18 heavy (non-hydrogen) atoms. The zero-order valence-electron chi connectivity index (χ0n) is 9.72. The van der Waals surface area contributed by atoms with Gasteiger partial charge in [-0.15, -0.1) is 0 Å². The topological polar surface area (TPSA) is 35.5 Å². The zero-order chi connectivity index (χ0) is 13.0. The molecule has 0 heterocycles. The van der Waals surface area contributed by atoms with E-state index in [4.69, 9.17) is 9.47 Å². The summed E-state index contributed by atoms with van der Waals surface area (Å²) in [5.41, 5.74) is -0.0969. The molecule has 0 bridgehead atoms. The van der Waals surface area contributed by atoms with Crippen LogP contribution in [0.1, 0.15) is 10.4 Å². The fraction of sp³-hybridized carbons (Fsp3) is 0.0714. The van der Waals surface area contributed by atoms with Crippen LogP contribution in [0.2, 0.25) is 0 Å². The van der Waals surface area contributed by atoms with Crippen LogP contribution in [0, 0.1) is 5.82 Å². The number of carbonyl (C=O) groups excluding carboxylic acids is 1. The Morgan fingerprint density at radius 2 is 1.83 bits per heavy atom. The molecule has 0 atom stereocenters. The van der Waals surface area contributed by atoms with Crippen molar-refractivity contribution in [2.45, 2.75) is 0 Å². The first-order valence-corrected chi connectivity index (χ1v) is 5.30. The van der Waals surface area contributed by atoms with Gasteiger partial charge in [-0.3, -0.25) is 4.79 Å². The van der Waals surface area contributed by atoms with Crippen molar-refractivity contribution in [1.82, 2.24) is 0 Å². The van der Waals surface area contributed by atoms with E-state index in [2.05, 4.69) is 0 Å². The van der Waals surface area contributed by atoms with Crippen molar-refractivity contribution in [3.8, 4) is 17.2 Å². The lowest BCUT2D eigenvalue weighted by atomic mass is 10.2. The predicted octanol–water partition coefficient (Wildman–Crippen LogP) is 3.44. The molecule has 0 aliphatic rings. The minimum absolute atomic E-state index is 0.0969. The molecule has 0 unspecified atom stereocenters. The van der Waals surface area contributed by atoms with Crippen molar-refractivity contribution in [2.75, 3.05) is 7.11 Å². The largest absolute Gasteiger partial charge is 0.497 e. The maximum absolute atomic E-state index is 13.4. The van der Waals surface area contributed by atoms with Gasteiger partial charge >= 0.3 is 0 Å². The molecule has 0 aliphatic heterocycles. The molecule has 0 fully saturated rings. The van der Waals surface area contributed by atoms with Crippen LogP contribution in [-0.2, 0) is 0 Å². The van der Waals surface area contributed by atoms with Gasteiger partial charge in [-0.25, -0.2) is 4.39 Å². The second-order valence-electron chi connectivity index (χ2n) is 3.55. The smallest absolute Gasteiger partial charge is 0.156 e. The number of methoxy groups -OCH3 is 1.